The number of rotatable bonds is 7. The van der Waals surface area contributed by atoms with Crippen molar-refractivity contribution in [3.05, 3.63) is 10.6 Å². The molecule has 1 unspecified atom stereocenters. The summed E-state index contributed by atoms with van der Waals surface area (Å²) in [7, 11) is 0. The lowest BCUT2D eigenvalue weighted by molar-refractivity contribution is 0.450. The lowest BCUT2D eigenvalue weighted by atomic mass is 10.0. The fraction of sp³-hybridized carbons (Fsp3) is 0.818. The smallest absolute Gasteiger partial charge is 0.0804 e. The molecule has 4 nitrogen and oxygen atoms in total. The van der Waals surface area contributed by atoms with Crippen LogP contribution in [0.3, 0.4) is 0 Å². The van der Waals surface area contributed by atoms with E-state index in [-0.39, 0.29) is 6.04 Å². The first-order chi connectivity index (χ1) is 7.69. The van der Waals surface area contributed by atoms with Gasteiger partial charge >= 0.3 is 0 Å². The number of aromatic nitrogens is 2. The van der Waals surface area contributed by atoms with Crippen molar-refractivity contribution >= 4 is 11.5 Å². The molecule has 0 fully saturated rings. The summed E-state index contributed by atoms with van der Waals surface area (Å²) in [4.78, 5) is 1.21. The van der Waals surface area contributed by atoms with Crippen LogP contribution in [0.5, 0.6) is 0 Å². The first-order valence-electron chi connectivity index (χ1n) is 5.96. The number of nitrogens with zero attached hydrogens (tertiary/aromatic N) is 2. The van der Waals surface area contributed by atoms with E-state index in [0.29, 0.717) is 5.92 Å². The predicted molar refractivity (Wildman–Crippen MR) is 68.0 cm³/mol. The van der Waals surface area contributed by atoms with E-state index < -0.39 is 0 Å². The van der Waals surface area contributed by atoms with Crippen LogP contribution in [-0.2, 0) is 6.42 Å². The van der Waals surface area contributed by atoms with E-state index in [9.17, 15) is 0 Å². The van der Waals surface area contributed by atoms with Gasteiger partial charge in [0.05, 0.1) is 16.6 Å². The van der Waals surface area contributed by atoms with Crippen LogP contribution in [0.4, 0.5) is 0 Å². The van der Waals surface area contributed by atoms with E-state index in [2.05, 4.69) is 35.8 Å². The van der Waals surface area contributed by atoms with Crippen LogP contribution < -0.4 is 11.3 Å². The normalized spacial score (nSPS) is 13.3. The molecule has 0 aliphatic carbocycles. The number of aryl methyl sites for hydroxylation is 1. The fourth-order valence-electron chi connectivity index (χ4n) is 1.68. The van der Waals surface area contributed by atoms with Gasteiger partial charge in [-0.1, -0.05) is 31.7 Å². The van der Waals surface area contributed by atoms with E-state index in [1.165, 1.54) is 22.8 Å². The van der Waals surface area contributed by atoms with Crippen LogP contribution in [0.2, 0.25) is 0 Å². The highest BCUT2D eigenvalue weighted by atomic mass is 32.1. The largest absolute Gasteiger partial charge is 0.271 e. The summed E-state index contributed by atoms with van der Waals surface area (Å²) in [5.74, 6) is 6.32. The molecule has 1 aromatic rings. The highest BCUT2D eigenvalue weighted by Crippen LogP contribution is 2.26. The molecular weight excluding hydrogens is 220 g/mol. The van der Waals surface area contributed by atoms with Gasteiger partial charge in [-0.25, -0.2) is 0 Å². The molecule has 1 heterocycles. The molecule has 0 saturated heterocycles. The van der Waals surface area contributed by atoms with E-state index in [1.807, 2.05) is 0 Å². The Balaban J connectivity index is 2.66. The summed E-state index contributed by atoms with van der Waals surface area (Å²) >= 11 is 1.47. The molecule has 0 aliphatic rings. The predicted octanol–water partition coefficient (Wildman–Crippen LogP) is 2.43. The van der Waals surface area contributed by atoms with Gasteiger partial charge in [-0.15, -0.1) is 5.10 Å². The Hall–Kier alpha value is -0.520. The first-order valence-corrected chi connectivity index (χ1v) is 6.73. The summed E-state index contributed by atoms with van der Waals surface area (Å²) in [5.41, 5.74) is 4.00. The van der Waals surface area contributed by atoms with E-state index in [0.717, 1.165) is 25.0 Å². The summed E-state index contributed by atoms with van der Waals surface area (Å²) in [6, 6.07) is 0.212. The minimum Gasteiger partial charge on any atom is -0.271 e. The van der Waals surface area contributed by atoms with Crippen molar-refractivity contribution in [1.29, 1.82) is 0 Å². The van der Waals surface area contributed by atoms with Gasteiger partial charge < -0.3 is 0 Å². The zero-order valence-electron chi connectivity index (χ0n) is 10.4. The maximum absolute atomic E-state index is 5.62. The average Bonchev–Trinajstić information content (AvgIpc) is 2.68. The van der Waals surface area contributed by atoms with Crippen molar-refractivity contribution in [2.45, 2.75) is 52.5 Å². The third kappa shape index (κ3) is 3.81. The zero-order chi connectivity index (χ0) is 12.0. The summed E-state index contributed by atoms with van der Waals surface area (Å²) in [5, 5.41) is 4.17. The maximum Gasteiger partial charge on any atom is 0.0804 e. The second-order valence-electron chi connectivity index (χ2n) is 4.52. The van der Waals surface area contributed by atoms with Crippen LogP contribution in [0.25, 0.3) is 0 Å². The molecule has 5 heteroatoms. The molecule has 0 saturated carbocycles. The molecule has 92 valence electrons. The van der Waals surface area contributed by atoms with Gasteiger partial charge in [0.1, 0.15) is 0 Å². The Bertz CT molecular complexity index is 298. The number of hydrogen-bond donors (Lipinski definition) is 2. The number of nitrogens with one attached hydrogen (secondary N) is 1. The molecule has 0 bridgehead atoms. The highest BCUT2D eigenvalue weighted by Gasteiger charge is 2.17. The fourth-order valence-corrected chi connectivity index (χ4v) is 2.47. The van der Waals surface area contributed by atoms with Gasteiger partial charge in [-0.3, -0.25) is 11.3 Å². The lowest BCUT2D eigenvalue weighted by Gasteiger charge is -2.15. The minimum atomic E-state index is 0.212. The summed E-state index contributed by atoms with van der Waals surface area (Å²) in [6.07, 6.45) is 4.30. The standard InChI is InChI=1S/C11H22N4S/c1-4-5-10-11(16-15-14-10)9(13-12)7-6-8(2)3/h8-9,13H,4-7,12H2,1-3H3. The Kier molecular flexibility index (Phi) is 5.87. The van der Waals surface area contributed by atoms with Crippen LogP contribution >= 0.6 is 11.5 Å². The zero-order valence-corrected chi connectivity index (χ0v) is 11.2. The van der Waals surface area contributed by atoms with Crippen molar-refractivity contribution in [2.24, 2.45) is 11.8 Å². The van der Waals surface area contributed by atoms with Crippen molar-refractivity contribution in [1.82, 2.24) is 15.0 Å². The van der Waals surface area contributed by atoms with Gasteiger partial charge in [0.2, 0.25) is 0 Å². The molecule has 1 aromatic heterocycles. The van der Waals surface area contributed by atoms with Gasteiger partial charge in [-0.05, 0) is 36.7 Å². The average molecular weight is 242 g/mol. The minimum absolute atomic E-state index is 0.212. The summed E-state index contributed by atoms with van der Waals surface area (Å²) in [6.45, 7) is 6.61. The second-order valence-corrected chi connectivity index (χ2v) is 5.31. The van der Waals surface area contributed by atoms with E-state index >= 15 is 0 Å². The molecule has 3 N–H and O–H groups in total. The van der Waals surface area contributed by atoms with Gasteiger partial charge in [0.15, 0.2) is 0 Å². The lowest BCUT2D eigenvalue weighted by Crippen LogP contribution is -2.28. The van der Waals surface area contributed by atoms with Gasteiger partial charge in [-0.2, -0.15) is 0 Å². The molecule has 0 aliphatic heterocycles. The van der Waals surface area contributed by atoms with E-state index in [1.54, 1.807) is 0 Å². The van der Waals surface area contributed by atoms with Crippen LogP contribution in [-0.4, -0.2) is 9.59 Å². The maximum atomic E-state index is 5.62. The third-order valence-electron chi connectivity index (χ3n) is 2.62. The molecule has 0 amide bonds. The Morgan fingerprint density at radius 2 is 2.12 bits per heavy atom. The quantitative estimate of drug-likeness (QED) is 0.569. The molecule has 1 rings (SSSR count). The van der Waals surface area contributed by atoms with E-state index in [4.69, 9.17) is 5.84 Å². The number of hydrogen-bond acceptors (Lipinski definition) is 5. The Morgan fingerprint density at radius 1 is 1.38 bits per heavy atom. The molecule has 0 aromatic carbocycles. The molecule has 16 heavy (non-hydrogen) atoms. The van der Waals surface area contributed by atoms with Crippen LogP contribution in [0.1, 0.15) is 56.6 Å². The SMILES string of the molecule is CCCc1nnsc1C(CCC(C)C)NN. The van der Waals surface area contributed by atoms with Crippen molar-refractivity contribution < 1.29 is 0 Å². The number of nitrogens with two attached hydrogens (primary N) is 1. The monoisotopic (exact) mass is 242 g/mol. The first kappa shape index (κ1) is 13.5. The van der Waals surface area contributed by atoms with Crippen LogP contribution in [0, 0.1) is 5.92 Å². The van der Waals surface area contributed by atoms with Crippen molar-refractivity contribution in [3.63, 3.8) is 0 Å². The Morgan fingerprint density at radius 3 is 2.69 bits per heavy atom. The molecule has 0 spiro atoms. The van der Waals surface area contributed by atoms with Gasteiger partial charge in [0.25, 0.3) is 0 Å². The van der Waals surface area contributed by atoms with Gasteiger partial charge in [0, 0.05) is 0 Å². The third-order valence-corrected chi connectivity index (χ3v) is 3.50. The molecule has 0 radical (unpaired) electrons. The topological polar surface area (TPSA) is 63.8 Å². The molecule has 1 atom stereocenters. The number of hydrazine groups is 1. The van der Waals surface area contributed by atoms with Crippen LogP contribution in [0.15, 0.2) is 0 Å². The second kappa shape index (κ2) is 6.93. The Labute approximate surface area is 102 Å². The highest BCUT2D eigenvalue weighted by molar-refractivity contribution is 7.05. The molecular formula is C11H22N4S. The van der Waals surface area contributed by atoms with Crippen molar-refractivity contribution in [3.8, 4) is 0 Å². The summed E-state index contributed by atoms with van der Waals surface area (Å²) < 4.78 is 4.03. The van der Waals surface area contributed by atoms with Crippen molar-refractivity contribution in [2.75, 3.05) is 0 Å².